The smallest absolute Gasteiger partial charge is 0.408 e. The Bertz CT molecular complexity index is 450. The molecular weight excluding hydrogens is 256 g/mol. The monoisotopic (exact) mass is 272 g/mol. The van der Waals surface area contributed by atoms with Crippen molar-refractivity contribution < 1.29 is 19.4 Å². The van der Waals surface area contributed by atoms with E-state index in [1.54, 1.807) is 33.1 Å². The predicted molar refractivity (Wildman–Crippen MR) is 66.6 cm³/mol. The minimum atomic E-state index is -1.19. The van der Waals surface area contributed by atoms with Gasteiger partial charge in [-0.2, -0.15) is 0 Å². The summed E-state index contributed by atoms with van der Waals surface area (Å²) in [6.07, 6.45) is -0.777. The number of ether oxygens (including phenoxy) is 1. The minimum Gasteiger partial charge on any atom is -0.479 e. The Morgan fingerprint density at radius 3 is 2.50 bits per heavy atom. The van der Waals surface area contributed by atoms with Crippen molar-refractivity contribution in [2.45, 2.75) is 39.3 Å². The van der Waals surface area contributed by atoms with Crippen LogP contribution in [-0.4, -0.2) is 27.8 Å². The van der Waals surface area contributed by atoms with Crippen LogP contribution < -0.4 is 5.32 Å². The van der Waals surface area contributed by atoms with Crippen LogP contribution in [0.2, 0.25) is 0 Å². The summed E-state index contributed by atoms with van der Waals surface area (Å²) < 4.78 is 5.01. The van der Waals surface area contributed by atoms with Gasteiger partial charge in [0.15, 0.2) is 6.04 Å². The first kappa shape index (κ1) is 14.4. The Morgan fingerprint density at radius 2 is 2.11 bits per heavy atom. The quantitative estimate of drug-likeness (QED) is 0.879. The number of rotatable bonds is 3. The number of hydrogen-bond acceptors (Lipinski definition) is 5. The summed E-state index contributed by atoms with van der Waals surface area (Å²) in [5.74, 6) is -1.17. The topological polar surface area (TPSA) is 88.5 Å². The highest BCUT2D eigenvalue weighted by Crippen LogP contribution is 2.17. The zero-order valence-corrected chi connectivity index (χ0v) is 11.5. The number of thiazole rings is 1. The van der Waals surface area contributed by atoms with Crippen LogP contribution in [0.15, 0.2) is 5.38 Å². The number of carboxylic acids is 1. The van der Waals surface area contributed by atoms with Crippen LogP contribution in [0.5, 0.6) is 0 Å². The Kier molecular flexibility index (Phi) is 4.28. The van der Waals surface area contributed by atoms with Gasteiger partial charge >= 0.3 is 12.1 Å². The Hall–Kier alpha value is -1.63. The number of aliphatic carboxylic acids is 1. The molecule has 1 heterocycles. The normalized spacial score (nSPS) is 12.9. The molecule has 0 aliphatic heterocycles. The molecule has 1 aromatic heterocycles. The second-order valence-electron chi connectivity index (χ2n) is 4.71. The van der Waals surface area contributed by atoms with Crippen molar-refractivity contribution in [3.8, 4) is 0 Å². The van der Waals surface area contributed by atoms with Crippen LogP contribution in [0.25, 0.3) is 0 Å². The minimum absolute atomic E-state index is 0.302. The number of amides is 1. The summed E-state index contributed by atoms with van der Waals surface area (Å²) in [7, 11) is 0. The van der Waals surface area contributed by atoms with Gasteiger partial charge in [-0.1, -0.05) is 0 Å². The molecule has 7 heteroatoms. The molecule has 1 atom stereocenters. The summed E-state index contributed by atoms with van der Waals surface area (Å²) in [5, 5.41) is 13.7. The lowest BCUT2D eigenvalue weighted by Crippen LogP contribution is -2.38. The molecule has 1 aromatic rings. The van der Waals surface area contributed by atoms with Crippen molar-refractivity contribution in [1.82, 2.24) is 10.3 Å². The number of aryl methyl sites for hydroxylation is 1. The molecule has 0 aliphatic carbocycles. The van der Waals surface area contributed by atoms with Gasteiger partial charge in [0.1, 0.15) is 5.60 Å². The lowest BCUT2D eigenvalue weighted by molar-refractivity contribution is -0.139. The average Bonchev–Trinajstić information content (AvgIpc) is 2.57. The van der Waals surface area contributed by atoms with Crippen LogP contribution in [0.1, 0.15) is 37.5 Å². The predicted octanol–water partition coefficient (Wildman–Crippen LogP) is 2.10. The third-order valence-electron chi connectivity index (χ3n) is 1.84. The van der Waals surface area contributed by atoms with E-state index >= 15 is 0 Å². The fourth-order valence-electron chi connectivity index (χ4n) is 1.20. The lowest BCUT2D eigenvalue weighted by atomic mass is 10.2. The molecule has 1 amide bonds. The van der Waals surface area contributed by atoms with E-state index in [-0.39, 0.29) is 0 Å². The van der Waals surface area contributed by atoms with Gasteiger partial charge < -0.3 is 15.2 Å². The Labute approximate surface area is 109 Å². The van der Waals surface area contributed by atoms with E-state index in [0.29, 0.717) is 5.69 Å². The molecule has 0 aliphatic rings. The van der Waals surface area contributed by atoms with Crippen LogP contribution in [0.3, 0.4) is 0 Å². The van der Waals surface area contributed by atoms with Crippen LogP contribution in [-0.2, 0) is 9.53 Å². The van der Waals surface area contributed by atoms with Crippen LogP contribution >= 0.6 is 11.3 Å². The zero-order valence-electron chi connectivity index (χ0n) is 10.7. The SMILES string of the molecule is Cc1nc(C(NC(=O)OC(C)(C)C)C(=O)O)cs1. The maximum absolute atomic E-state index is 11.5. The van der Waals surface area contributed by atoms with E-state index in [1.807, 2.05) is 0 Å². The van der Waals surface area contributed by atoms with Gasteiger partial charge in [0.05, 0.1) is 10.7 Å². The van der Waals surface area contributed by atoms with Gasteiger partial charge in [0.2, 0.25) is 0 Å². The molecule has 100 valence electrons. The van der Waals surface area contributed by atoms with Gasteiger partial charge in [-0.25, -0.2) is 14.6 Å². The second kappa shape index (κ2) is 5.34. The first-order valence-corrected chi connectivity index (χ1v) is 6.21. The standard InChI is InChI=1S/C11H16N2O4S/c1-6-12-7(5-18-6)8(9(14)15)13-10(16)17-11(2,3)4/h5,8H,1-4H3,(H,13,16)(H,14,15). The van der Waals surface area contributed by atoms with Gasteiger partial charge in [-0.15, -0.1) is 11.3 Å². The lowest BCUT2D eigenvalue weighted by Gasteiger charge is -2.21. The molecule has 0 radical (unpaired) electrons. The number of carbonyl (C=O) groups is 2. The first-order valence-electron chi connectivity index (χ1n) is 5.33. The molecule has 0 bridgehead atoms. The summed E-state index contributed by atoms with van der Waals surface area (Å²) in [5.41, 5.74) is -0.374. The van der Waals surface area contributed by atoms with Crippen molar-refractivity contribution in [3.05, 3.63) is 16.1 Å². The number of carbonyl (C=O) groups excluding carboxylic acids is 1. The fourth-order valence-corrected chi connectivity index (χ4v) is 1.84. The number of alkyl carbamates (subject to hydrolysis) is 1. The maximum atomic E-state index is 11.5. The maximum Gasteiger partial charge on any atom is 0.408 e. The molecule has 2 N–H and O–H groups in total. The number of hydrogen-bond donors (Lipinski definition) is 2. The van der Waals surface area contributed by atoms with E-state index in [2.05, 4.69) is 10.3 Å². The summed E-state index contributed by atoms with van der Waals surface area (Å²) >= 11 is 1.32. The van der Waals surface area contributed by atoms with E-state index in [4.69, 9.17) is 9.84 Å². The molecule has 0 saturated heterocycles. The average molecular weight is 272 g/mol. The van der Waals surface area contributed by atoms with E-state index in [9.17, 15) is 9.59 Å². The summed E-state index contributed by atoms with van der Waals surface area (Å²) in [6, 6.07) is -1.19. The number of aromatic nitrogens is 1. The van der Waals surface area contributed by atoms with Crippen molar-refractivity contribution >= 4 is 23.4 Å². The summed E-state index contributed by atoms with van der Waals surface area (Å²) in [6.45, 7) is 6.88. The Balaban J connectivity index is 2.76. The molecule has 18 heavy (non-hydrogen) atoms. The largest absolute Gasteiger partial charge is 0.479 e. The van der Waals surface area contributed by atoms with Crippen molar-refractivity contribution in [2.24, 2.45) is 0 Å². The molecular formula is C11H16N2O4S. The van der Waals surface area contributed by atoms with Crippen molar-refractivity contribution in [3.63, 3.8) is 0 Å². The molecule has 1 rings (SSSR count). The third kappa shape index (κ3) is 4.33. The van der Waals surface area contributed by atoms with Gasteiger partial charge in [0.25, 0.3) is 0 Å². The van der Waals surface area contributed by atoms with E-state index in [0.717, 1.165) is 5.01 Å². The molecule has 0 aromatic carbocycles. The third-order valence-corrected chi connectivity index (χ3v) is 2.63. The highest BCUT2D eigenvalue weighted by atomic mass is 32.1. The summed E-state index contributed by atoms with van der Waals surface area (Å²) in [4.78, 5) is 26.7. The van der Waals surface area contributed by atoms with Crippen molar-refractivity contribution in [2.75, 3.05) is 0 Å². The van der Waals surface area contributed by atoms with Crippen molar-refractivity contribution in [1.29, 1.82) is 0 Å². The number of carboxylic acid groups (broad SMARTS) is 1. The highest BCUT2D eigenvalue weighted by molar-refractivity contribution is 7.09. The van der Waals surface area contributed by atoms with Crippen LogP contribution in [0.4, 0.5) is 4.79 Å². The van der Waals surface area contributed by atoms with Gasteiger partial charge in [-0.05, 0) is 27.7 Å². The highest BCUT2D eigenvalue weighted by Gasteiger charge is 2.27. The van der Waals surface area contributed by atoms with Crippen LogP contribution in [0, 0.1) is 6.92 Å². The zero-order chi connectivity index (χ0) is 13.9. The second-order valence-corrected chi connectivity index (χ2v) is 5.77. The Morgan fingerprint density at radius 1 is 1.50 bits per heavy atom. The van der Waals surface area contributed by atoms with Gasteiger partial charge in [0, 0.05) is 5.38 Å². The number of nitrogens with zero attached hydrogens (tertiary/aromatic N) is 1. The molecule has 1 unspecified atom stereocenters. The van der Waals surface area contributed by atoms with E-state index < -0.39 is 23.7 Å². The molecule has 0 saturated carbocycles. The first-order chi connectivity index (χ1) is 8.19. The molecule has 0 fully saturated rings. The molecule has 0 spiro atoms. The van der Waals surface area contributed by atoms with E-state index in [1.165, 1.54) is 11.3 Å². The number of nitrogens with one attached hydrogen (secondary N) is 1. The van der Waals surface area contributed by atoms with Gasteiger partial charge in [-0.3, -0.25) is 0 Å². The molecule has 6 nitrogen and oxygen atoms in total. The fraction of sp³-hybridized carbons (Fsp3) is 0.545.